The van der Waals surface area contributed by atoms with E-state index in [1.54, 1.807) is 4.90 Å². The summed E-state index contributed by atoms with van der Waals surface area (Å²) in [5, 5.41) is 0. The quantitative estimate of drug-likeness (QED) is 0.318. The summed E-state index contributed by atoms with van der Waals surface area (Å²) in [7, 11) is 0. The maximum Gasteiger partial charge on any atom is 0.397 e. The molecule has 4 nitrogen and oxygen atoms in total. The average Bonchev–Trinajstić information content (AvgIpc) is 2.64. The molecule has 0 bridgehead atoms. The van der Waals surface area contributed by atoms with Gasteiger partial charge in [-0.1, -0.05) is 73.1 Å². The van der Waals surface area contributed by atoms with Crippen LogP contribution in [0.4, 0.5) is 0 Å². The van der Waals surface area contributed by atoms with Crippen molar-refractivity contribution in [3.05, 3.63) is 0 Å². The lowest BCUT2D eigenvalue weighted by Gasteiger charge is -2.30. The molecule has 0 aromatic carbocycles. The summed E-state index contributed by atoms with van der Waals surface area (Å²) in [5.74, 6) is -0.200. The Morgan fingerprint density at radius 3 is 1.64 bits per heavy atom. The van der Waals surface area contributed by atoms with Crippen molar-refractivity contribution in [3.8, 4) is 0 Å². The molecular formula is C21H41NO3. The normalized spacial score (nSPS) is 13.3. The zero-order valence-corrected chi connectivity index (χ0v) is 17.3. The molecule has 0 rings (SSSR count). The summed E-state index contributed by atoms with van der Waals surface area (Å²) in [4.78, 5) is 26.5. The first-order valence-corrected chi connectivity index (χ1v) is 10.5. The van der Waals surface area contributed by atoms with Gasteiger partial charge in [0.1, 0.15) is 0 Å². The van der Waals surface area contributed by atoms with Crippen LogP contribution in [0.1, 0.15) is 92.4 Å². The number of hydrogen-bond acceptors (Lipinski definition) is 3. The third-order valence-corrected chi connectivity index (χ3v) is 4.94. The third kappa shape index (κ3) is 10.5. The van der Waals surface area contributed by atoms with Crippen molar-refractivity contribution in [2.75, 3.05) is 19.7 Å². The second kappa shape index (κ2) is 15.2. The van der Waals surface area contributed by atoms with E-state index in [0.29, 0.717) is 31.5 Å². The largest absolute Gasteiger partial charge is 0.459 e. The summed E-state index contributed by atoms with van der Waals surface area (Å²) >= 11 is 0. The zero-order chi connectivity index (χ0) is 19.1. The highest BCUT2D eigenvalue weighted by molar-refractivity contribution is 6.32. The van der Waals surface area contributed by atoms with Crippen molar-refractivity contribution < 1.29 is 14.3 Å². The first kappa shape index (κ1) is 23.9. The second-order valence-electron chi connectivity index (χ2n) is 7.18. The molecule has 0 aliphatic heterocycles. The Morgan fingerprint density at radius 2 is 1.28 bits per heavy atom. The first-order valence-electron chi connectivity index (χ1n) is 10.5. The molecule has 2 unspecified atom stereocenters. The van der Waals surface area contributed by atoms with Gasteiger partial charge in [-0.25, -0.2) is 4.79 Å². The van der Waals surface area contributed by atoms with Crippen LogP contribution in [0.15, 0.2) is 0 Å². The molecule has 25 heavy (non-hydrogen) atoms. The van der Waals surface area contributed by atoms with Gasteiger partial charge in [0, 0.05) is 13.1 Å². The molecule has 0 aliphatic carbocycles. The number of amides is 1. The van der Waals surface area contributed by atoms with E-state index in [2.05, 4.69) is 27.7 Å². The predicted molar refractivity (Wildman–Crippen MR) is 104 cm³/mol. The fourth-order valence-electron chi connectivity index (χ4n) is 3.08. The van der Waals surface area contributed by atoms with Crippen LogP contribution in [-0.2, 0) is 14.3 Å². The van der Waals surface area contributed by atoms with Crippen molar-refractivity contribution in [2.45, 2.75) is 92.4 Å². The highest BCUT2D eigenvalue weighted by Gasteiger charge is 2.27. The number of carbonyl (C=O) groups excluding carboxylic acids is 2. The Morgan fingerprint density at radius 1 is 0.800 bits per heavy atom. The van der Waals surface area contributed by atoms with Crippen LogP contribution in [0.2, 0.25) is 0 Å². The van der Waals surface area contributed by atoms with Crippen molar-refractivity contribution in [2.24, 2.45) is 11.8 Å². The van der Waals surface area contributed by atoms with E-state index in [4.69, 9.17) is 4.74 Å². The molecule has 0 saturated carbocycles. The van der Waals surface area contributed by atoms with Crippen molar-refractivity contribution in [1.82, 2.24) is 4.90 Å². The number of ether oxygens (including phenoxy) is 1. The second-order valence-corrected chi connectivity index (χ2v) is 7.18. The van der Waals surface area contributed by atoms with Crippen molar-refractivity contribution >= 4 is 11.9 Å². The predicted octanol–water partition coefficient (Wildman–Crippen LogP) is 5.20. The summed E-state index contributed by atoms with van der Waals surface area (Å²) in [6.07, 6.45) is 9.73. The number of nitrogens with zero attached hydrogens (tertiary/aromatic N) is 1. The van der Waals surface area contributed by atoms with E-state index in [0.717, 1.165) is 44.9 Å². The van der Waals surface area contributed by atoms with Crippen LogP contribution in [0.3, 0.4) is 0 Å². The minimum atomic E-state index is -0.683. The molecule has 4 heteroatoms. The van der Waals surface area contributed by atoms with Crippen LogP contribution < -0.4 is 0 Å². The lowest BCUT2D eigenvalue weighted by atomic mass is 9.95. The standard InChI is InChI=1S/C21H41NO3/c1-6-11-13-18(9-4)16-22(17-19(10-5)14-12-7-2)20(23)21(24)25-15-8-3/h18-19H,6-17H2,1-5H3. The van der Waals surface area contributed by atoms with E-state index in [-0.39, 0.29) is 0 Å². The lowest BCUT2D eigenvalue weighted by Crippen LogP contribution is -2.43. The highest BCUT2D eigenvalue weighted by Crippen LogP contribution is 2.19. The Labute approximate surface area is 155 Å². The van der Waals surface area contributed by atoms with Gasteiger partial charge in [0.2, 0.25) is 0 Å². The Bertz CT molecular complexity index is 339. The van der Waals surface area contributed by atoms with Gasteiger partial charge in [0.05, 0.1) is 6.61 Å². The smallest absolute Gasteiger partial charge is 0.397 e. The summed E-state index contributed by atoms with van der Waals surface area (Å²) < 4.78 is 5.10. The summed E-state index contributed by atoms with van der Waals surface area (Å²) in [6.45, 7) is 12.3. The highest BCUT2D eigenvalue weighted by atomic mass is 16.5. The van der Waals surface area contributed by atoms with E-state index in [1.807, 2.05) is 6.92 Å². The minimum Gasteiger partial charge on any atom is -0.459 e. The van der Waals surface area contributed by atoms with E-state index in [9.17, 15) is 9.59 Å². The fraction of sp³-hybridized carbons (Fsp3) is 0.905. The molecule has 148 valence electrons. The van der Waals surface area contributed by atoms with Gasteiger partial charge >= 0.3 is 11.9 Å². The van der Waals surface area contributed by atoms with Gasteiger partial charge in [-0.2, -0.15) is 0 Å². The molecular weight excluding hydrogens is 314 g/mol. The Balaban J connectivity index is 4.99. The molecule has 0 aliphatic rings. The molecule has 1 amide bonds. The van der Waals surface area contributed by atoms with Crippen LogP contribution in [0.5, 0.6) is 0 Å². The fourth-order valence-corrected chi connectivity index (χ4v) is 3.08. The van der Waals surface area contributed by atoms with E-state index < -0.39 is 11.9 Å². The number of rotatable bonds is 14. The summed E-state index contributed by atoms with van der Waals surface area (Å²) in [5.41, 5.74) is 0. The van der Waals surface area contributed by atoms with Gasteiger partial charge in [0.25, 0.3) is 0 Å². The molecule has 0 saturated heterocycles. The molecule has 0 spiro atoms. The van der Waals surface area contributed by atoms with Gasteiger partial charge < -0.3 is 9.64 Å². The number of esters is 1. The number of unbranched alkanes of at least 4 members (excludes halogenated alkanes) is 2. The lowest BCUT2D eigenvalue weighted by molar-refractivity contribution is -0.161. The molecule has 0 N–H and O–H groups in total. The van der Waals surface area contributed by atoms with E-state index >= 15 is 0 Å². The summed E-state index contributed by atoms with van der Waals surface area (Å²) in [6, 6.07) is 0. The molecule has 0 aromatic rings. The topological polar surface area (TPSA) is 46.6 Å². The minimum absolute atomic E-state index is 0.318. The maximum absolute atomic E-state index is 12.7. The van der Waals surface area contributed by atoms with Crippen LogP contribution in [0.25, 0.3) is 0 Å². The third-order valence-electron chi connectivity index (χ3n) is 4.94. The molecule has 0 radical (unpaired) electrons. The SMILES string of the molecule is CCCCC(CC)CN(CC(CC)CCCC)C(=O)C(=O)OCCC. The Hall–Kier alpha value is -1.06. The van der Waals surface area contributed by atoms with Crippen LogP contribution >= 0.6 is 0 Å². The maximum atomic E-state index is 12.7. The monoisotopic (exact) mass is 355 g/mol. The average molecular weight is 356 g/mol. The van der Waals surface area contributed by atoms with Crippen LogP contribution in [-0.4, -0.2) is 36.5 Å². The zero-order valence-electron chi connectivity index (χ0n) is 17.3. The van der Waals surface area contributed by atoms with Gasteiger partial charge in [0.15, 0.2) is 0 Å². The number of hydrogen-bond donors (Lipinski definition) is 0. The molecule has 2 atom stereocenters. The Kier molecular flexibility index (Phi) is 14.6. The van der Waals surface area contributed by atoms with Crippen molar-refractivity contribution in [1.29, 1.82) is 0 Å². The van der Waals surface area contributed by atoms with Gasteiger partial charge in [-0.3, -0.25) is 4.79 Å². The van der Waals surface area contributed by atoms with E-state index in [1.165, 1.54) is 12.8 Å². The van der Waals surface area contributed by atoms with Crippen LogP contribution in [0, 0.1) is 11.8 Å². The molecule has 0 aromatic heterocycles. The van der Waals surface area contributed by atoms with Gasteiger partial charge in [-0.05, 0) is 31.1 Å². The molecule has 0 fully saturated rings. The van der Waals surface area contributed by atoms with Gasteiger partial charge in [-0.15, -0.1) is 0 Å². The first-order chi connectivity index (χ1) is 12.0. The van der Waals surface area contributed by atoms with Crippen molar-refractivity contribution in [3.63, 3.8) is 0 Å². The number of carbonyl (C=O) groups is 2. The molecule has 0 heterocycles.